The van der Waals surface area contributed by atoms with Gasteiger partial charge in [-0.3, -0.25) is 0 Å². The van der Waals surface area contributed by atoms with Gasteiger partial charge in [0.2, 0.25) is 0 Å². The molecular weight excluding hydrogens is 199 g/mol. The number of nitrogens with zero attached hydrogens (tertiary/aromatic N) is 2. The minimum atomic E-state index is -1.18. The molecule has 0 aliphatic heterocycles. The number of fused-ring (bicyclic) bond motifs is 1. The number of aromatic nitrogens is 2. The van der Waals surface area contributed by atoms with Gasteiger partial charge < -0.3 is 9.90 Å². The minimum Gasteiger partial charge on any atom is -0.545 e. The van der Waals surface area contributed by atoms with Crippen molar-refractivity contribution in [2.24, 2.45) is 0 Å². The van der Waals surface area contributed by atoms with Gasteiger partial charge in [0.15, 0.2) is 0 Å². The first-order chi connectivity index (χ1) is 5.79. The second-order valence-corrected chi connectivity index (χ2v) is 3.04. The van der Waals surface area contributed by atoms with Gasteiger partial charge in [-0.05, 0) is 0 Å². The van der Waals surface area contributed by atoms with Crippen LogP contribution in [-0.4, -0.2) is 15.9 Å². The monoisotopic (exact) mass is 202 g/mol. The Kier molecular flexibility index (Phi) is 3.38. The Morgan fingerprint density at radius 1 is 1.54 bits per heavy atom. The summed E-state index contributed by atoms with van der Waals surface area (Å²) in [5, 5.41) is 12.6. The number of aromatic carboxylic acids is 1. The van der Waals surface area contributed by atoms with Crippen molar-refractivity contribution < 1.29 is 39.5 Å². The largest absolute Gasteiger partial charge is 1.00 e. The Morgan fingerprint density at radius 3 is 3.00 bits per heavy atom. The van der Waals surface area contributed by atoms with Crippen molar-refractivity contribution in [3.8, 4) is 0 Å². The van der Waals surface area contributed by atoms with E-state index in [1.165, 1.54) is 29.2 Å². The zero-order chi connectivity index (χ0) is 8.55. The number of carboxylic acid groups (broad SMARTS) is 1. The fourth-order valence-corrected chi connectivity index (χ4v) is 1.78. The predicted molar refractivity (Wildman–Crippen MR) is 41.7 cm³/mol. The summed E-state index contributed by atoms with van der Waals surface area (Å²) in [6.45, 7) is 0. The van der Waals surface area contributed by atoms with Gasteiger partial charge >= 0.3 is 29.6 Å². The van der Waals surface area contributed by atoms with E-state index in [1.807, 2.05) is 0 Å². The quantitative estimate of drug-likeness (QED) is 0.464. The van der Waals surface area contributed by atoms with Crippen molar-refractivity contribution in [1.29, 1.82) is 0 Å². The average molecular weight is 202 g/mol. The van der Waals surface area contributed by atoms with Crippen molar-refractivity contribution in [2.75, 3.05) is 0 Å². The molecule has 0 N–H and O–H groups in total. The molecule has 2 aromatic rings. The van der Waals surface area contributed by atoms with Crippen LogP contribution in [0.15, 0.2) is 17.9 Å². The maximum atomic E-state index is 10.5. The molecule has 0 radical (unpaired) electrons. The van der Waals surface area contributed by atoms with Crippen LogP contribution < -0.4 is 34.7 Å². The molecule has 0 fully saturated rings. The summed E-state index contributed by atoms with van der Waals surface area (Å²) in [4.78, 5) is 18.8. The molecule has 6 heteroatoms. The van der Waals surface area contributed by atoms with Gasteiger partial charge in [-0.2, -0.15) is 0 Å². The van der Waals surface area contributed by atoms with E-state index < -0.39 is 5.97 Å². The SMILES string of the molecule is O=C([O-])c1csc2ncncc12.[Na+]. The molecule has 0 aliphatic carbocycles. The van der Waals surface area contributed by atoms with Gasteiger partial charge in [0, 0.05) is 22.5 Å². The first-order valence-electron chi connectivity index (χ1n) is 3.17. The zero-order valence-corrected chi connectivity index (χ0v) is 9.67. The third-order valence-corrected chi connectivity index (χ3v) is 2.38. The Bertz CT molecular complexity index is 443. The van der Waals surface area contributed by atoms with Crippen LogP contribution in [0.4, 0.5) is 0 Å². The van der Waals surface area contributed by atoms with E-state index in [0.29, 0.717) is 10.2 Å². The van der Waals surface area contributed by atoms with Gasteiger partial charge in [-0.25, -0.2) is 9.97 Å². The van der Waals surface area contributed by atoms with Crippen LogP contribution in [-0.2, 0) is 0 Å². The molecule has 0 saturated heterocycles. The molecule has 0 unspecified atom stereocenters. The molecule has 2 rings (SSSR count). The number of carboxylic acids is 1. The molecule has 2 aromatic heterocycles. The Balaban J connectivity index is 0.000000845. The first kappa shape index (κ1) is 10.6. The van der Waals surface area contributed by atoms with Gasteiger partial charge in [-0.15, -0.1) is 11.3 Å². The van der Waals surface area contributed by atoms with Crippen LogP contribution in [0.5, 0.6) is 0 Å². The van der Waals surface area contributed by atoms with Gasteiger partial charge in [0.25, 0.3) is 0 Å². The van der Waals surface area contributed by atoms with Crippen LogP contribution in [0, 0.1) is 0 Å². The fraction of sp³-hybridized carbons (Fsp3) is 0. The standard InChI is InChI=1S/C7H4N2O2S.Na/c10-7(11)5-2-12-6-4(5)1-8-3-9-6;/h1-3H,(H,10,11);/q;+1/p-1. The maximum Gasteiger partial charge on any atom is 1.00 e. The van der Waals surface area contributed by atoms with Gasteiger partial charge in [0.1, 0.15) is 11.2 Å². The summed E-state index contributed by atoms with van der Waals surface area (Å²) in [6, 6.07) is 0. The molecule has 0 atom stereocenters. The van der Waals surface area contributed by atoms with E-state index in [9.17, 15) is 9.90 Å². The van der Waals surface area contributed by atoms with E-state index in [1.54, 1.807) is 0 Å². The third kappa shape index (κ3) is 1.88. The molecule has 60 valence electrons. The molecule has 2 heterocycles. The normalized spacial score (nSPS) is 9.54. The molecule has 13 heavy (non-hydrogen) atoms. The Morgan fingerprint density at radius 2 is 2.31 bits per heavy atom. The summed E-state index contributed by atoms with van der Waals surface area (Å²) in [7, 11) is 0. The first-order valence-corrected chi connectivity index (χ1v) is 4.05. The van der Waals surface area contributed by atoms with Crippen LogP contribution in [0.1, 0.15) is 10.4 Å². The summed E-state index contributed by atoms with van der Waals surface area (Å²) in [5.41, 5.74) is 0.163. The van der Waals surface area contributed by atoms with Crippen LogP contribution in [0.25, 0.3) is 10.2 Å². The third-order valence-electron chi connectivity index (χ3n) is 1.47. The van der Waals surface area contributed by atoms with Crippen molar-refractivity contribution in [2.45, 2.75) is 0 Å². The van der Waals surface area contributed by atoms with Crippen LogP contribution >= 0.6 is 11.3 Å². The van der Waals surface area contributed by atoms with E-state index in [2.05, 4.69) is 9.97 Å². The van der Waals surface area contributed by atoms with E-state index in [0.717, 1.165) is 0 Å². The molecule has 0 spiro atoms. The smallest absolute Gasteiger partial charge is 0.545 e. The topological polar surface area (TPSA) is 65.9 Å². The molecule has 0 bridgehead atoms. The predicted octanol–water partition coefficient (Wildman–Crippen LogP) is -2.94. The summed E-state index contributed by atoms with van der Waals surface area (Å²) in [6.07, 6.45) is 2.86. The van der Waals surface area contributed by atoms with Crippen molar-refractivity contribution in [3.63, 3.8) is 0 Å². The number of hydrogen-bond donors (Lipinski definition) is 0. The van der Waals surface area contributed by atoms with E-state index in [4.69, 9.17) is 0 Å². The van der Waals surface area contributed by atoms with Crippen LogP contribution in [0.2, 0.25) is 0 Å². The van der Waals surface area contributed by atoms with Gasteiger partial charge in [-0.1, -0.05) is 0 Å². The molecule has 0 amide bonds. The molecule has 0 aromatic carbocycles. The van der Waals surface area contributed by atoms with Crippen molar-refractivity contribution >= 4 is 27.5 Å². The minimum absolute atomic E-state index is 0. The molecule has 0 saturated carbocycles. The zero-order valence-electron chi connectivity index (χ0n) is 6.85. The number of rotatable bonds is 1. The van der Waals surface area contributed by atoms with Crippen molar-refractivity contribution in [1.82, 2.24) is 9.97 Å². The average Bonchev–Trinajstić information content (AvgIpc) is 2.47. The summed E-state index contributed by atoms with van der Waals surface area (Å²) < 4.78 is 0. The number of hydrogen-bond acceptors (Lipinski definition) is 5. The molecular formula is C7H3N2NaO2S. The number of carbonyl (C=O) groups is 1. The maximum absolute atomic E-state index is 10.5. The summed E-state index contributed by atoms with van der Waals surface area (Å²) >= 11 is 1.27. The summed E-state index contributed by atoms with van der Waals surface area (Å²) in [5.74, 6) is -1.18. The molecule has 4 nitrogen and oxygen atoms in total. The Hall–Kier alpha value is -0.490. The molecule has 0 aliphatic rings. The Labute approximate surface area is 99.9 Å². The van der Waals surface area contributed by atoms with E-state index in [-0.39, 0.29) is 35.1 Å². The van der Waals surface area contributed by atoms with E-state index >= 15 is 0 Å². The second kappa shape index (κ2) is 4.15. The van der Waals surface area contributed by atoms with Gasteiger partial charge in [0.05, 0.1) is 5.97 Å². The van der Waals surface area contributed by atoms with Crippen molar-refractivity contribution in [3.05, 3.63) is 23.5 Å². The fourth-order valence-electron chi connectivity index (χ4n) is 0.933. The number of carbonyl (C=O) groups excluding carboxylic acids is 1. The second-order valence-electron chi connectivity index (χ2n) is 2.18. The van der Waals surface area contributed by atoms with Crippen LogP contribution in [0.3, 0.4) is 0 Å². The number of thiophene rings is 1.